The molecule has 4 nitrogen and oxygen atoms in total. The van der Waals surface area contributed by atoms with Gasteiger partial charge in [-0.3, -0.25) is 4.79 Å². The van der Waals surface area contributed by atoms with Crippen molar-refractivity contribution in [2.45, 2.75) is 19.9 Å². The van der Waals surface area contributed by atoms with Gasteiger partial charge in [0.05, 0.1) is 18.4 Å². The van der Waals surface area contributed by atoms with Crippen LogP contribution in [0.1, 0.15) is 29.5 Å². The lowest BCUT2D eigenvalue weighted by Gasteiger charge is -2.18. The molecule has 4 heteroatoms. The molecule has 0 bridgehead atoms. The first kappa shape index (κ1) is 14.2. The summed E-state index contributed by atoms with van der Waals surface area (Å²) in [5.74, 6) is 0.764. The minimum atomic E-state index is -0.0133. The minimum Gasteiger partial charge on any atom is -0.467 e. The normalized spacial score (nSPS) is 10.3. The van der Waals surface area contributed by atoms with Gasteiger partial charge in [0.2, 0.25) is 0 Å². The Morgan fingerprint density at radius 3 is 2.75 bits per heavy atom. The number of nitrogens with zero attached hydrogens (tertiary/aromatic N) is 1. The molecule has 1 aromatic carbocycles. The largest absolute Gasteiger partial charge is 0.467 e. The molecule has 0 radical (unpaired) electrons. The molecule has 2 rings (SSSR count). The second kappa shape index (κ2) is 6.80. The molecule has 2 aromatic rings. The molecular formula is C16H20N2O2. The second-order valence-electron chi connectivity index (χ2n) is 4.71. The van der Waals surface area contributed by atoms with E-state index in [4.69, 9.17) is 4.42 Å². The van der Waals surface area contributed by atoms with Crippen molar-refractivity contribution in [2.24, 2.45) is 0 Å². The van der Waals surface area contributed by atoms with Gasteiger partial charge >= 0.3 is 0 Å². The highest BCUT2D eigenvalue weighted by Gasteiger charge is 2.16. The zero-order chi connectivity index (χ0) is 14.4. The van der Waals surface area contributed by atoms with Crippen LogP contribution in [-0.2, 0) is 6.54 Å². The van der Waals surface area contributed by atoms with E-state index in [2.05, 4.69) is 12.2 Å². The van der Waals surface area contributed by atoms with Gasteiger partial charge in [-0.2, -0.15) is 0 Å². The third kappa shape index (κ3) is 3.41. The molecule has 0 aliphatic heterocycles. The molecule has 20 heavy (non-hydrogen) atoms. The van der Waals surface area contributed by atoms with Gasteiger partial charge in [0.15, 0.2) is 0 Å². The predicted octanol–water partition coefficient (Wildman–Crippen LogP) is 3.37. The van der Waals surface area contributed by atoms with Crippen LogP contribution in [0.15, 0.2) is 47.1 Å². The highest BCUT2D eigenvalue weighted by atomic mass is 16.3. The molecule has 0 fully saturated rings. The fraction of sp³-hybridized carbons (Fsp3) is 0.312. The van der Waals surface area contributed by atoms with Crippen LogP contribution in [0, 0.1) is 0 Å². The SMILES string of the molecule is CCCNc1ccccc1C(=O)N(C)Cc1ccco1. The number of furan rings is 1. The van der Waals surface area contributed by atoms with E-state index in [0.717, 1.165) is 24.4 Å². The maximum Gasteiger partial charge on any atom is 0.256 e. The van der Waals surface area contributed by atoms with Crippen molar-refractivity contribution in [1.82, 2.24) is 4.90 Å². The molecule has 0 aliphatic carbocycles. The maximum atomic E-state index is 12.5. The number of hydrogen-bond donors (Lipinski definition) is 1. The molecule has 1 heterocycles. The Labute approximate surface area is 119 Å². The zero-order valence-electron chi connectivity index (χ0n) is 11.9. The molecule has 1 amide bonds. The lowest BCUT2D eigenvalue weighted by Crippen LogP contribution is -2.26. The maximum absolute atomic E-state index is 12.5. The average Bonchev–Trinajstić information content (AvgIpc) is 2.97. The van der Waals surface area contributed by atoms with Crippen molar-refractivity contribution in [3.05, 3.63) is 54.0 Å². The first-order chi connectivity index (χ1) is 9.72. The van der Waals surface area contributed by atoms with Crippen LogP contribution in [0.25, 0.3) is 0 Å². The lowest BCUT2D eigenvalue weighted by molar-refractivity contribution is 0.0776. The van der Waals surface area contributed by atoms with E-state index in [1.807, 2.05) is 36.4 Å². The van der Waals surface area contributed by atoms with E-state index >= 15 is 0 Å². The summed E-state index contributed by atoms with van der Waals surface area (Å²) >= 11 is 0. The molecule has 1 aromatic heterocycles. The summed E-state index contributed by atoms with van der Waals surface area (Å²) in [5, 5.41) is 3.29. The van der Waals surface area contributed by atoms with Gasteiger partial charge < -0.3 is 14.6 Å². The van der Waals surface area contributed by atoms with Crippen LogP contribution < -0.4 is 5.32 Å². The predicted molar refractivity (Wildman–Crippen MR) is 79.7 cm³/mol. The fourth-order valence-corrected chi connectivity index (χ4v) is 2.00. The number of carbonyl (C=O) groups is 1. The number of amides is 1. The van der Waals surface area contributed by atoms with Crippen LogP contribution in [0.5, 0.6) is 0 Å². The van der Waals surface area contributed by atoms with Gasteiger partial charge in [0.25, 0.3) is 5.91 Å². The number of para-hydroxylation sites is 1. The van der Waals surface area contributed by atoms with Crippen molar-refractivity contribution >= 4 is 11.6 Å². The van der Waals surface area contributed by atoms with Crippen LogP contribution in [0.3, 0.4) is 0 Å². The first-order valence-electron chi connectivity index (χ1n) is 6.83. The highest BCUT2D eigenvalue weighted by Crippen LogP contribution is 2.18. The standard InChI is InChI=1S/C16H20N2O2/c1-3-10-17-15-9-5-4-8-14(15)16(19)18(2)12-13-7-6-11-20-13/h4-9,11,17H,3,10,12H2,1-2H3. The van der Waals surface area contributed by atoms with E-state index in [0.29, 0.717) is 12.1 Å². The third-order valence-corrected chi connectivity index (χ3v) is 3.04. The van der Waals surface area contributed by atoms with Crippen LogP contribution in [0.2, 0.25) is 0 Å². The third-order valence-electron chi connectivity index (χ3n) is 3.04. The second-order valence-corrected chi connectivity index (χ2v) is 4.71. The average molecular weight is 272 g/mol. The van der Waals surface area contributed by atoms with Gasteiger partial charge in [0.1, 0.15) is 5.76 Å². The number of hydrogen-bond acceptors (Lipinski definition) is 3. The number of nitrogens with one attached hydrogen (secondary N) is 1. The Kier molecular flexibility index (Phi) is 4.82. The van der Waals surface area contributed by atoms with Crippen molar-refractivity contribution < 1.29 is 9.21 Å². The molecule has 1 N–H and O–H groups in total. The summed E-state index contributed by atoms with van der Waals surface area (Å²) in [5.41, 5.74) is 1.57. The van der Waals surface area contributed by atoms with E-state index < -0.39 is 0 Å². The van der Waals surface area contributed by atoms with Crippen LogP contribution in [0.4, 0.5) is 5.69 Å². The summed E-state index contributed by atoms with van der Waals surface area (Å²) in [7, 11) is 1.78. The Bertz CT molecular complexity index is 549. The summed E-state index contributed by atoms with van der Waals surface area (Å²) in [4.78, 5) is 14.2. The summed E-state index contributed by atoms with van der Waals surface area (Å²) in [6.45, 7) is 3.42. The lowest BCUT2D eigenvalue weighted by atomic mass is 10.1. The minimum absolute atomic E-state index is 0.0133. The number of rotatable bonds is 6. The Balaban J connectivity index is 2.11. The van der Waals surface area contributed by atoms with Crippen molar-refractivity contribution in [1.29, 1.82) is 0 Å². The Morgan fingerprint density at radius 2 is 2.05 bits per heavy atom. The van der Waals surface area contributed by atoms with Gasteiger partial charge in [0, 0.05) is 19.3 Å². The number of anilines is 1. The molecule has 0 atom stereocenters. The molecule has 0 aliphatic rings. The van der Waals surface area contributed by atoms with Gasteiger partial charge in [-0.25, -0.2) is 0 Å². The van der Waals surface area contributed by atoms with Gasteiger partial charge in [-0.1, -0.05) is 19.1 Å². The summed E-state index contributed by atoms with van der Waals surface area (Å²) in [6.07, 6.45) is 2.63. The molecular weight excluding hydrogens is 252 g/mol. The van der Waals surface area contributed by atoms with Crippen molar-refractivity contribution in [3.63, 3.8) is 0 Å². The topological polar surface area (TPSA) is 45.5 Å². The van der Waals surface area contributed by atoms with E-state index in [-0.39, 0.29) is 5.91 Å². The monoisotopic (exact) mass is 272 g/mol. The summed E-state index contributed by atoms with van der Waals surface area (Å²) < 4.78 is 5.28. The Hall–Kier alpha value is -2.23. The zero-order valence-corrected chi connectivity index (χ0v) is 11.9. The summed E-state index contributed by atoms with van der Waals surface area (Å²) in [6, 6.07) is 11.3. The van der Waals surface area contributed by atoms with Crippen molar-refractivity contribution in [2.75, 3.05) is 18.9 Å². The van der Waals surface area contributed by atoms with Gasteiger partial charge in [-0.15, -0.1) is 0 Å². The highest BCUT2D eigenvalue weighted by molar-refractivity contribution is 5.99. The Morgan fingerprint density at radius 1 is 1.25 bits per heavy atom. The van der Waals surface area contributed by atoms with Crippen molar-refractivity contribution in [3.8, 4) is 0 Å². The van der Waals surface area contributed by atoms with E-state index in [1.54, 1.807) is 18.2 Å². The molecule has 0 saturated heterocycles. The number of carbonyl (C=O) groups excluding carboxylic acids is 1. The van der Waals surface area contributed by atoms with E-state index in [1.165, 1.54) is 0 Å². The quantitative estimate of drug-likeness (QED) is 0.877. The molecule has 106 valence electrons. The molecule has 0 unspecified atom stereocenters. The molecule has 0 saturated carbocycles. The van der Waals surface area contributed by atoms with Gasteiger partial charge in [-0.05, 0) is 30.7 Å². The fourth-order valence-electron chi connectivity index (χ4n) is 2.00. The smallest absolute Gasteiger partial charge is 0.256 e. The van der Waals surface area contributed by atoms with Crippen LogP contribution >= 0.6 is 0 Å². The first-order valence-corrected chi connectivity index (χ1v) is 6.83. The van der Waals surface area contributed by atoms with E-state index in [9.17, 15) is 4.79 Å². The van der Waals surface area contributed by atoms with Crippen LogP contribution in [-0.4, -0.2) is 24.4 Å². The molecule has 0 spiro atoms. The number of benzene rings is 1.